The van der Waals surface area contributed by atoms with Crippen LogP contribution in [0, 0.1) is 0 Å². The molecule has 1 aromatic carbocycles. The number of benzene rings is 1. The second-order valence-electron chi connectivity index (χ2n) is 5.27. The molecule has 2 heterocycles. The quantitative estimate of drug-likeness (QED) is 0.261. The average Bonchev–Trinajstić information content (AvgIpc) is 2.96. The third-order valence-corrected chi connectivity index (χ3v) is 4.82. The van der Waals surface area contributed by atoms with Crippen LogP contribution in [-0.4, -0.2) is 47.4 Å². The van der Waals surface area contributed by atoms with Gasteiger partial charge in [0.15, 0.2) is 5.65 Å². The zero-order chi connectivity index (χ0) is 18.7. The van der Waals surface area contributed by atoms with Gasteiger partial charge in [-0.15, -0.1) is 0 Å². The van der Waals surface area contributed by atoms with Gasteiger partial charge in [0.25, 0.3) is 0 Å². The van der Waals surface area contributed by atoms with Crippen LogP contribution in [0.3, 0.4) is 0 Å². The Morgan fingerprint density at radius 2 is 2.04 bits per heavy atom. The SMILES string of the molecule is Nc1nc(Sc2ccccc2O)c2ncn(CCOCP(=O)(O)O)c2n1. The number of phenols is 1. The lowest BCUT2D eigenvalue weighted by Crippen LogP contribution is -2.07. The summed E-state index contributed by atoms with van der Waals surface area (Å²) in [4.78, 5) is 30.8. The van der Waals surface area contributed by atoms with Crippen molar-refractivity contribution in [3.63, 3.8) is 0 Å². The number of aromatic hydroxyl groups is 1. The molecule has 0 spiro atoms. The number of para-hydroxylation sites is 1. The Hall–Kier alpha value is -2.17. The van der Waals surface area contributed by atoms with Crippen LogP contribution >= 0.6 is 19.4 Å². The van der Waals surface area contributed by atoms with Crippen LogP contribution in [0.2, 0.25) is 0 Å². The molecule has 2 aromatic heterocycles. The van der Waals surface area contributed by atoms with E-state index in [0.717, 1.165) is 0 Å². The second-order valence-corrected chi connectivity index (χ2v) is 7.89. The molecule has 0 unspecified atom stereocenters. The zero-order valence-electron chi connectivity index (χ0n) is 13.4. The van der Waals surface area contributed by atoms with Crippen LogP contribution in [0.4, 0.5) is 5.95 Å². The fourth-order valence-corrected chi connectivity index (χ4v) is 3.44. The van der Waals surface area contributed by atoms with Crippen molar-refractivity contribution in [1.82, 2.24) is 19.5 Å². The third-order valence-electron chi connectivity index (χ3n) is 3.26. The predicted octanol–water partition coefficient (Wildman–Crippen LogP) is 1.42. The Kier molecular flexibility index (Phi) is 5.44. The molecule has 0 bridgehead atoms. The summed E-state index contributed by atoms with van der Waals surface area (Å²) in [6, 6.07) is 6.83. The highest BCUT2D eigenvalue weighted by Crippen LogP contribution is 2.36. The molecule has 0 saturated carbocycles. The smallest absolute Gasteiger partial charge is 0.350 e. The van der Waals surface area contributed by atoms with Crippen molar-refractivity contribution in [2.75, 3.05) is 18.7 Å². The molecule has 5 N–H and O–H groups in total. The second kappa shape index (κ2) is 7.60. The van der Waals surface area contributed by atoms with Crippen LogP contribution in [0.15, 0.2) is 40.5 Å². The van der Waals surface area contributed by atoms with Crippen LogP contribution < -0.4 is 5.73 Å². The Labute approximate surface area is 152 Å². The number of hydrogen-bond donors (Lipinski definition) is 4. The number of nitrogen functional groups attached to an aromatic ring is 1. The number of aromatic nitrogens is 4. The van der Waals surface area contributed by atoms with Crippen molar-refractivity contribution in [2.45, 2.75) is 16.5 Å². The van der Waals surface area contributed by atoms with E-state index in [1.54, 1.807) is 28.8 Å². The normalized spacial score (nSPS) is 11.9. The first-order valence-corrected chi connectivity index (χ1v) is 10.0. The Morgan fingerprint density at radius 1 is 1.27 bits per heavy atom. The third kappa shape index (κ3) is 4.51. The van der Waals surface area contributed by atoms with Crippen LogP contribution in [0.1, 0.15) is 0 Å². The van der Waals surface area contributed by atoms with Gasteiger partial charge in [-0.1, -0.05) is 23.9 Å². The molecule has 26 heavy (non-hydrogen) atoms. The summed E-state index contributed by atoms with van der Waals surface area (Å²) in [5.41, 5.74) is 6.75. The maximum atomic E-state index is 10.8. The van der Waals surface area contributed by atoms with Crippen molar-refractivity contribution in [2.24, 2.45) is 0 Å². The van der Waals surface area contributed by atoms with Gasteiger partial charge in [-0.2, -0.15) is 4.98 Å². The summed E-state index contributed by atoms with van der Waals surface area (Å²) in [6.07, 6.45) is 0.875. The molecule has 0 aliphatic rings. The van der Waals surface area contributed by atoms with E-state index < -0.39 is 13.9 Å². The zero-order valence-corrected chi connectivity index (χ0v) is 15.1. The summed E-state index contributed by atoms with van der Waals surface area (Å²) in [5, 5.41) is 10.4. The van der Waals surface area contributed by atoms with E-state index in [0.29, 0.717) is 21.1 Å². The molecule has 12 heteroatoms. The number of ether oxygens (including phenoxy) is 1. The van der Waals surface area contributed by atoms with E-state index in [1.165, 1.54) is 18.1 Å². The Balaban J connectivity index is 1.82. The summed E-state index contributed by atoms with van der Waals surface area (Å²) >= 11 is 1.21. The van der Waals surface area contributed by atoms with Gasteiger partial charge < -0.3 is 29.9 Å². The van der Waals surface area contributed by atoms with Crippen molar-refractivity contribution in [3.05, 3.63) is 30.6 Å². The number of phenolic OH excluding ortho intramolecular Hbond substituents is 1. The monoisotopic (exact) mass is 397 g/mol. The number of hydrogen-bond acceptors (Lipinski definition) is 8. The first kappa shape index (κ1) is 18.6. The van der Waals surface area contributed by atoms with Gasteiger partial charge in [-0.05, 0) is 12.1 Å². The number of nitrogens with zero attached hydrogens (tertiary/aromatic N) is 4. The first-order chi connectivity index (χ1) is 12.3. The highest BCUT2D eigenvalue weighted by molar-refractivity contribution is 7.99. The Bertz CT molecular complexity index is 976. The minimum absolute atomic E-state index is 0.0494. The Morgan fingerprint density at radius 3 is 2.77 bits per heavy atom. The standard InChI is InChI=1S/C14H16N5O5PS/c15-14-17-12-11(13(18-14)26-10-4-2-1-3-9(10)20)16-7-19(12)5-6-24-8-25(21,22)23/h1-4,7,20H,5-6,8H2,(H2,15,17,18)(H2,21,22,23). The lowest BCUT2D eigenvalue weighted by atomic mass is 10.3. The van der Waals surface area contributed by atoms with Crippen molar-refractivity contribution in [3.8, 4) is 5.75 Å². The number of imidazole rings is 1. The molecular weight excluding hydrogens is 381 g/mol. The molecule has 0 radical (unpaired) electrons. The maximum Gasteiger partial charge on any atom is 0.350 e. The molecule has 0 aliphatic heterocycles. The van der Waals surface area contributed by atoms with E-state index in [9.17, 15) is 9.67 Å². The summed E-state index contributed by atoms with van der Waals surface area (Å²) in [7, 11) is -4.20. The number of fused-ring (bicyclic) bond motifs is 1. The summed E-state index contributed by atoms with van der Waals surface area (Å²) in [5.74, 6) is 0.168. The van der Waals surface area contributed by atoms with E-state index in [1.807, 2.05) is 0 Å². The minimum Gasteiger partial charge on any atom is -0.507 e. The van der Waals surface area contributed by atoms with Gasteiger partial charge in [-0.3, -0.25) is 4.57 Å². The lowest BCUT2D eigenvalue weighted by Gasteiger charge is -2.08. The molecule has 0 atom stereocenters. The van der Waals surface area contributed by atoms with Crippen LogP contribution in [0.5, 0.6) is 5.75 Å². The molecule has 0 saturated heterocycles. The van der Waals surface area contributed by atoms with Gasteiger partial charge in [0.2, 0.25) is 5.95 Å². The van der Waals surface area contributed by atoms with Crippen LogP contribution in [0.25, 0.3) is 11.2 Å². The fraction of sp³-hybridized carbons (Fsp3) is 0.214. The molecular formula is C14H16N5O5PS. The van der Waals surface area contributed by atoms with E-state index in [2.05, 4.69) is 15.0 Å². The minimum atomic E-state index is -4.20. The largest absolute Gasteiger partial charge is 0.507 e. The molecule has 3 aromatic rings. The molecule has 3 rings (SSSR count). The first-order valence-electron chi connectivity index (χ1n) is 7.40. The molecule has 0 amide bonds. The molecule has 0 aliphatic carbocycles. The van der Waals surface area contributed by atoms with Gasteiger partial charge in [0.1, 0.15) is 22.6 Å². The molecule has 0 fully saturated rings. The van der Waals surface area contributed by atoms with E-state index in [-0.39, 0.29) is 24.8 Å². The number of nitrogens with two attached hydrogens (primary N) is 1. The highest BCUT2D eigenvalue weighted by Gasteiger charge is 2.16. The van der Waals surface area contributed by atoms with Crippen molar-refractivity contribution < 1.29 is 24.2 Å². The van der Waals surface area contributed by atoms with Crippen molar-refractivity contribution in [1.29, 1.82) is 0 Å². The van der Waals surface area contributed by atoms with Crippen molar-refractivity contribution >= 4 is 36.5 Å². The maximum absolute atomic E-state index is 10.8. The average molecular weight is 397 g/mol. The van der Waals surface area contributed by atoms with Gasteiger partial charge in [0.05, 0.1) is 17.8 Å². The summed E-state index contributed by atoms with van der Waals surface area (Å²) in [6.45, 7) is 0.357. The summed E-state index contributed by atoms with van der Waals surface area (Å²) < 4.78 is 17.4. The van der Waals surface area contributed by atoms with Gasteiger partial charge in [-0.25, -0.2) is 9.97 Å². The molecule has 10 nitrogen and oxygen atoms in total. The van der Waals surface area contributed by atoms with Crippen LogP contribution in [-0.2, 0) is 15.8 Å². The topological polar surface area (TPSA) is 157 Å². The van der Waals surface area contributed by atoms with Gasteiger partial charge in [0, 0.05) is 6.54 Å². The predicted molar refractivity (Wildman–Crippen MR) is 94.8 cm³/mol. The van der Waals surface area contributed by atoms with E-state index in [4.69, 9.17) is 20.3 Å². The lowest BCUT2D eigenvalue weighted by molar-refractivity contribution is 0.149. The fourth-order valence-electron chi connectivity index (χ4n) is 2.16. The number of anilines is 1. The van der Waals surface area contributed by atoms with E-state index >= 15 is 0 Å². The number of rotatable bonds is 7. The molecule has 138 valence electrons. The highest BCUT2D eigenvalue weighted by atomic mass is 32.2. The van der Waals surface area contributed by atoms with Gasteiger partial charge >= 0.3 is 7.60 Å².